The number of hydrogen-bond acceptors (Lipinski definition) is 6. The third-order valence-corrected chi connectivity index (χ3v) is 5.15. The van der Waals surface area contributed by atoms with E-state index in [0.29, 0.717) is 22.4 Å². The van der Waals surface area contributed by atoms with Gasteiger partial charge in [-0.1, -0.05) is 6.07 Å². The van der Waals surface area contributed by atoms with Gasteiger partial charge in [-0.3, -0.25) is 14.0 Å². The Balaban J connectivity index is 1.67. The van der Waals surface area contributed by atoms with E-state index in [2.05, 4.69) is 10.3 Å². The van der Waals surface area contributed by atoms with Gasteiger partial charge in [-0.25, -0.2) is 4.98 Å². The summed E-state index contributed by atoms with van der Waals surface area (Å²) in [5.41, 5.74) is 1.98. The third-order valence-electron chi connectivity index (χ3n) is 5.15. The van der Waals surface area contributed by atoms with Crippen molar-refractivity contribution in [3.05, 3.63) is 58.2 Å². The van der Waals surface area contributed by atoms with Crippen molar-refractivity contribution in [1.82, 2.24) is 19.3 Å². The second kappa shape index (κ2) is 7.11. The predicted molar refractivity (Wildman–Crippen MR) is 106 cm³/mol. The van der Waals surface area contributed by atoms with Gasteiger partial charge in [0.25, 0.3) is 11.5 Å². The Morgan fingerprint density at radius 1 is 1.38 bits per heavy atom. The summed E-state index contributed by atoms with van der Waals surface area (Å²) in [4.78, 5) is 30.3. The number of aryl methyl sites for hydroxylation is 2. The highest BCUT2D eigenvalue weighted by Crippen LogP contribution is 2.24. The van der Waals surface area contributed by atoms with Crippen molar-refractivity contribution in [3.63, 3.8) is 0 Å². The van der Waals surface area contributed by atoms with Crippen LogP contribution in [0.1, 0.15) is 16.1 Å². The van der Waals surface area contributed by atoms with Crippen LogP contribution in [-0.2, 0) is 21.3 Å². The van der Waals surface area contributed by atoms with Crippen LogP contribution in [0.2, 0.25) is 0 Å². The standard InChI is InChI=1S/C20H22N4O5/c1-12-6-5-9-24-16(12)22-17-13(19(24)26)10-14(23(17)2)18(25)21-11-20(28-4)8-7-15(27-3)29-20/h5-10,15H,11H2,1-4H3,(H,21,25)/t15-,20-/m0/s1. The fourth-order valence-electron chi connectivity index (χ4n) is 3.46. The Bertz CT molecular complexity index is 1200. The van der Waals surface area contributed by atoms with E-state index < -0.39 is 12.1 Å². The molecule has 29 heavy (non-hydrogen) atoms. The van der Waals surface area contributed by atoms with Gasteiger partial charge in [0.1, 0.15) is 17.0 Å². The van der Waals surface area contributed by atoms with Crippen LogP contribution in [0.3, 0.4) is 0 Å². The zero-order chi connectivity index (χ0) is 20.8. The number of carbonyl (C=O) groups excluding carboxylic acids is 1. The molecule has 0 aromatic carbocycles. The summed E-state index contributed by atoms with van der Waals surface area (Å²) in [7, 11) is 4.72. The molecule has 0 saturated carbocycles. The zero-order valence-electron chi connectivity index (χ0n) is 16.6. The molecule has 1 amide bonds. The first-order valence-corrected chi connectivity index (χ1v) is 9.10. The maximum atomic E-state index is 12.9. The number of fused-ring (bicyclic) bond motifs is 2. The monoisotopic (exact) mass is 398 g/mol. The number of ether oxygens (including phenoxy) is 3. The number of aromatic nitrogens is 3. The molecule has 4 heterocycles. The highest BCUT2D eigenvalue weighted by atomic mass is 16.8. The van der Waals surface area contributed by atoms with Crippen LogP contribution < -0.4 is 10.9 Å². The molecule has 152 valence electrons. The maximum Gasteiger partial charge on any atom is 0.268 e. The van der Waals surface area contributed by atoms with Gasteiger partial charge in [0, 0.05) is 27.5 Å². The number of amides is 1. The smallest absolute Gasteiger partial charge is 0.268 e. The average molecular weight is 398 g/mol. The zero-order valence-corrected chi connectivity index (χ0v) is 16.6. The van der Waals surface area contributed by atoms with Gasteiger partial charge >= 0.3 is 0 Å². The topological polar surface area (TPSA) is 96.1 Å². The summed E-state index contributed by atoms with van der Waals surface area (Å²) >= 11 is 0. The second-order valence-corrected chi connectivity index (χ2v) is 6.91. The van der Waals surface area contributed by atoms with Crippen molar-refractivity contribution < 1.29 is 19.0 Å². The van der Waals surface area contributed by atoms with Crippen LogP contribution in [0, 0.1) is 6.92 Å². The van der Waals surface area contributed by atoms with E-state index in [9.17, 15) is 9.59 Å². The Morgan fingerprint density at radius 3 is 2.86 bits per heavy atom. The molecule has 9 nitrogen and oxygen atoms in total. The second-order valence-electron chi connectivity index (χ2n) is 6.91. The van der Waals surface area contributed by atoms with E-state index >= 15 is 0 Å². The van der Waals surface area contributed by atoms with Gasteiger partial charge in [0.05, 0.1) is 11.9 Å². The van der Waals surface area contributed by atoms with Gasteiger partial charge in [0.15, 0.2) is 6.29 Å². The van der Waals surface area contributed by atoms with Crippen LogP contribution in [0.4, 0.5) is 0 Å². The van der Waals surface area contributed by atoms with Crippen LogP contribution in [-0.4, -0.2) is 52.7 Å². The quantitative estimate of drug-likeness (QED) is 0.647. The van der Waals surface area contributed by atoms with E-state index in [1.165, 1.54) is 18.6 Å². The van der Waals surface area contributed by atoms with E-state index in [0.717, 1.165) is 5.56 Å². The summed E-state index contributed by atoms with van der Waals surface area (Å²) in [5.74, 6) is -1.48. The number of nitrogens with zero attached hydrogens (tertiary/aromatic N) is 3. The van der Waals surface area contributed by atoms with Gasteiger partial charge in [-0.05, 0) is 36.8 Å². The largest absolute Gasteiger partial charge is 0.352 e. The van der Waals surface area contributed by atoms with Crippen LogP contribution in [0.25, 0.3) is 16.7 Å². The Kier molecular flexibility index (Phi) is 4.73. The molecule has 0 aliphatic carbocycles. The molecule has 3 aromatic heterocycles. The number of rotatable bonds is 5. The molecule has 4 rings (SSSR count). The van der Waals surface area contributed by atoms with Gasteiger partial charge in [0.2, 0.25) is 5.79 Å². The number of carbonyl (C=O) groups is 1. The molecule has 0 saturated heterocycles. The first-order chi connectivity index (χ1) is 13.9. The fraction of sp³-hybridized carbons (Fsp3) is 0.350. The third kappa shape index (κ3) is 3.13. The lowest BCUT2D eigenvalue weighted by Gasteiger charge is -2.27. The maximum absolute atomic E-state index is 12.9. The Morgan fingerprint density at radius 2 is 2.17 bits per heavy atom. The molecule has 1 aliphatic rings. The first-order valence-electron chi connectivity index (χ1n) is 9.10. The lowest BCUT2D eigenvalue weighted by atomic mass is 10.2. The SMILES string of the molecule is CO[C@@H]1C=C[C@](CNC(=O)c2cc3c(=O)n4cccc(C)c4nc3n2C)(OC)O1. The van der Waals surface area contributed by atoms with Crippen molar-refractivity contribution in [3.8, 4) is 0 Å². The van der Waals surface area contributed by atoms with Crippen molar-refractivity contribution >= 4 is 22.6 Å². The van der Waals surface area contributed by atoms with Gasteiger partial charge in [-0.2, -0.15) is 0 Å². The lowest BCUT2D eigenvalue weighted by molar-refractivity contribution is -0.238. The summed E-state index contributed by atoms with van der Waals surface area (Å²) in [6.45, 7) is 1.96. The predicted octanol–water partition coefficient (Wildman–Crippen LogP) is 1.13. The average Bonchev–Trinajstić information content (AvgIpc) is 3.30. The fourth-order valence-corrected chi connectivity index (χ4v) is 3.46. The van der Waals surface area contributed by atoms with Gasteiger partial charge in [-0.15, -0.1) is 0 Å². The molecule has 0 spiro atoms. The normalized spacial score (nSPS) is 21.3. The highest BCUT2D eigenvalue weighted by Gasteiger charge is 2.36. The summed E-state index contributed by atoms with van der Waals surface area (Å²) in [6, 6.07) is 5.23. The molecule has 0 radical (unpaired) electrons. The number of pyridine rings is 1. The summed E-state index contributed by atoms with van der Waals surface area (Å²) < 4.78 is 19.3. The van der Waals surface area contributed by atoms with E-state index in [-0.39, 0.29) is 18.0 Å². The highest BCUT2D eigenvalue weighted by molar-refractivity contribution is 5.98. The van der Waals surface area contributed by atoms with Crippen molar-refractivity contribution in [2.75, 3.05) is 20.8 Å². The molecule has 1 aliphatic heterocycles. The minimum atomic E-state index is -1.11. The molecule has 2 atom stereocenters. The van der Waals surface area contributed by atoms with Crippen molar-refractivity contribution in [1.29, 1.82) is 0 Å². The van der Waals surface area contributed by atoms with Crippen LogP contribution in [0.15, 0.2) is 41.3 Å². The minimum absolute atomic E-state index is 0.0771. The Labute approximate surface area is 166 Å². The molecule has 0 bridgehead atoms. The molecule has 0 unspecified atom stereocenters. The first kappa shape index (κ1) is 19.3. The number of hydrogen-bond donors (Lipinski definition) is 1. The Hall–Kier alpha value is -3.01. The molecular formula is C20H22N4O5. The number of nitrogens with one attached hydrogen (secondary N) is 1. The molecular weight excluding hydrogens is 376 g/mol. The van der Waals surface area contributed by atoms with Crippen molar-refractivity contribution in [2.24, 2.45) is 7.05 Å². The molecule has 9 heteroatoms. The molecule has 1 N–H and O–H groups in total. The summed E-state index contributed by atoms with van der Waals surface area (Å²) in [5, 5.41) is 3.17. The summed E-state index contributed by atoms with van der Waals surface area (Å²) in [6.07, 6.45) is 4.55. The van der Waals surface area contributed by atoms with E-state index in [1.807, 2.05) is 13.0 Å². The van der Waals surface area contributed by atoms with Gasteiger partial charge < -0.3 is 24.1 Å². The molecule has 0 fully saturated rings. The minimum Gasteiger partial charge on any atom is -0.352 e. The molecule has 3 aromatic rings. The van der Waals surface area contributed by atoms with E-state index in [1.54, 1.807) is 42.1 Å². The van der Waals surface area contributed by atoms with Crippen LogP contribution in [0.5, 0.6) is 0 Å². The van der Waals surface area contributed by atoms with E-state index in [4.69, 9.17) is 14.2 Å². The van der Waals surface area contributed by atoms with Crippen LogP contribution >= 0.6 is 0 Å². The van der Waals surface area contributed by atoms with Crippen molar-refractivity contribution in [2.45, 2.75) is 19.0 Å². The lowest BCUT2D eigenvalue weighted by Crippen LogP contribution is -2.45. The number of methoxy groups -OCH3 is 2.